The van der Waals surface area contributed by atoms with Crippen LogP contribution in [0.15, 0.2) is 6.20 Å². The number of hydrazine groups is 1. The third-order valence-electron chi connectivity index (χ3n) is 1.72. The second-order valence-electron chi connectivity index (χ2n) is 2.79. The summed E-state index contributed by atoms with van der Waals surface area (Å²) in [6, 6.07) is 0. The van der Waals surface area contributed by atoms with Gasteiger partial charge in [-0.25, -0.2) is 10.8 Å². The first-order chi connectivity index (χ1) is 7.67. The lowest BCUT2D eigenvalue weighted by atomic mass is 10.4. The first-order valence-corrected chi connectivity index (χ1v) is 4.85. The summed E-state index contributed by atoms with van der Waals surface area (Å²) < 4.78 is 4.49. The molecule has 0 unspecified atom stereocenters. The highest BCUT2D eigenvalue weighted by atomic mass is 35.5. The molecule has 0 saturated carbocycles. The van der Waals surface area contributed by atoms with Crippen LogP contribution < -0.4 is 16.6 Å². The molecular formula is C8H12ClN5O2. The van der Waals surface area contributed by atoms with Crippen molar-refractivity contribution in [3.63, 3.8) is 0 Å². The van der Waals surface area contributed by atoms with E-state index < -0.39 is 0 Å². The van der Waals surface area contributed by atoms with Crippen LogP contribution in [0.4, 0.5) is 11.8 Å². The maximum absolute atomic E-state index is 10.8. The Kier molecular flexibility index (Phi) is 4.74. The molecule has 88 valence electrons. The number of halogens is 1. The highest BCUT2D eigenvalue weighted by Crippen LogP contribution is 2.18. The number of ether oxygens (including phenoxy) is 1. The lowest BCUT2D eigenvalue weighted by molar-refractivity contribution is -0.140. The first-order valence-electron chi connectivity index (χ1n) is 4.47. The summed E-state index contributed by atoms with van der Waals surface area (Å²) in [6.07, 6.45) is 1.63. The summed E-state index contributed by atoms with van der Waals surface area (Å²) in [7, 11) is 1.33. The Morgan fingerprint density at radius 1 is 1.69 bits per heavy atom. The number of hydrogen-bond donors (Lipinski definition) is 3. The van der Waals surface area contributed by atoms with Crippen molar-refractivity contribution in [1.82, 2.24) is 9.97 Å². The van der Waals surface area contributed by atoms with Gasteiger partial charge in [-0.1, -0.05) is 11.6 Å². The summed E-state index contributed by atoms with van der Waals surface area (Å²) in [5, 5.41) is 3.22. The molecule has 1 aromatic heterocycles. The standard InChI is InChI=1S/C8H12ClN5O2/c1-16-6(15)2-3-11-7-5(9)4-12-8(13-7)14-10/h4H,2-3,10H2,1H3,(H2,11,12,13,14). The maximum Gasteiger partial charge on any atom is 0.307 e. The number of esters is 1. The van der Waals surface area contributed by atoms with E-state index in [1.54, 1.807) is 0 Å². The van der Waals surface area contributed by atoms with E-state index in [0.29, 0.717) is 17.4 Å². The molecule has 0 radical (unpaired) electrons. The van der Waals surface area contributed by atoms with Crippen molar-refractivity contribution in [3.8, 4) is 0 Å². The Labute approximate surface area is 97.3 Å². The number of aromatic nitrogens is 2. The fourth-order valence-corrected chi connectivity index (χ4v) is 1.10. The lowest BCUT2D eigenvalue weighted by Crippen LogP contribution is -2.14. The molecule has 0 amide bonds. The number of methoxy groups -OCH3 is 1. The molecule has 0 aromatic carbocycles. The largest absolute Gasteiger partial charge is 0.469 e. The number of carbonyl (C=O) groups excluding carboxylic acids is 1. The van der Waals surface area contributed by atoms with Crippen molar-refractivity contribution in [1.29, 1.82) is 0 Å². The van der Waals surface area contributed by atoms with Gasteiger partial charge in [-0.05, 0) is 0 Å². The Hall–Kier alpha value is -1.60. The molecule has 1 rings (SSSR count). The van der Waals surface area contributed by atoms with Gasteiger partial charge in [0.1, 0.15) is 5.02 Å². The normalized spacial score (nSPS) is 9.69. The van der Waals surface area contributed by atoms with Gasteiger partial charge in [0.15, 0.2) is 5.82 Å². The molecule has 1 heterocycles. The van der Waals surface area contributed by atoms with Crippen LogP contribution >= 0.6 is 11.6 Å². The van der Waals surface area contributed by atoms with Gasteiger partial charge in [0.05, 0.1) is 19.7 Å². The summed E-state index contributed by atoms with van der Waals surface area (Å²) in [5.41, 5.74) is 2.29. The van der Waals surface area contributed by atoms with Gasteiger partial charge in [0, 0.05) is 6.54 Å². The molecule has 0 aliphatic heterocycles. The van der Waals surface area contributed by atoms with Crippen LogP contribution in [0.25, 0.3) is 0 Å². The Balaban J connectivity index is 2.55. The molecule has 16 heavy (non-hydrogen) atoms. The number of nitrogens with one attached hydrogen (secondary N) is 2. The highest BCUT2D eigenvalue weighted by molar-refractivity contribution is 6.32. The van der Waals surface area contributed by atoms with Gasteiger partial charge in [-0.15, -0.1) is 0 Å². The predicted molar refractivity (Wildman–Crippen MR) is 60.0 cm³/mol. The van der Waals surface area contributed by atoms with Crippen LogP contribution in [-0.4, -0.2) is 29.6 Å². The number of nitrogen functional groups attached to an aromatic ring is 1. The summed E-state index contributed by atoms with van der Waals surface area (Å²) >= 11 is 5.83. The van der Waals surface area contributed by atoms with Crippen LogP contribution in [0, 0.1) is 0 Å². The highest BCUT2D eigenvalue weighted by Gasteiger charge is 2.05. The smallest absolute Gasteiger partial charge is 0.307 e. The molecule has 4 N–H and O–H groups in total. The van der Waals surface area contributed by atoms with Crippen molar-refractivity contribution in [2.45, 2.75) is 6.42 Å². The van der Waals surface area contributed by atoms with Crippen LogP contribution in [-0.2, 0) is 9.53 Å². The quantitative estimate of drug-likeness (QED) is 0.392. The van der Waals surface area contributed by atoms with Gasteiger partial charge >= 0.3 is 5.97 Å². The Morgan fingerprint density at radius 2 is 2.44 bits per heavy atom. The first kappa shape index (κ1) is 12.5. The molecule has 0 spiro atoms. The SMILES string of the molecule is COC(=O)CCNc1nc(NN)ncc1Cl. The third-order valence-corrected chi connectivity index (χ3v) is 2.00. The summed E-state index contributed by atoms with van der Waals surface area (Å²) in [4.78, 5) is 18.6. The molecule has 0 aliphatic rings. The number of rotatable bonds is 5. The molecule has 1 aromatic rings. The van der Waals surface area contributed by atoms with E-state index in [2.05, 4.69) is 25.4 Å². The van der Waals surface area contributed by atoms with Crippen molar-refractivity contribution in [3.05, 3.63) is 11.2 Å². The van der Waals surface area contributed by atoms with Gasteiger partial charge < -0.3 is 10.1 Å². The molecule has 0 bridgehead atoms. The molecule has 0 aliphatic carbocycles. The van der Waals surface area contributed by atoms with E-state index in [1.807, 2.05) is 0 Å². The zero-order chi connectivity index (χ0) is 12.0. The predicted octanol–water partition coefficient (Wildman–Crippen LogP) is 0.391. The minimum Gasteiger partial charge on any atom is -0.469 e. The lowest BCUT2D eigenvalue weighted by Gasteiger charge is -2.07. The number of anilines is 2. The fraction of sp³-hybridized carbons (Fsp3) is 0.375. The van der Waals surface area contributed by atoms with Crippen molar-refractivity contribution >= 4 is 29.3 Å². The monoisotopic (exact) mass is 245 g/mol. The Bertz CT molecular complexity index is 373. The number of nitrogens with zero attached hydrogens (tertiary/aromatic N) is 2. The van der Waals surface area contributed by atoms with E-state index in [-0.39, 0.29) is 18.3 Å². The van der Waals surface area contributed by atoms with Gasteiger partial charge in [0.25, 0.3) is 0 Å². The second kappa shape index (κ2) is 6.09. The van der Waals surface area contributed by atoms with Crippen LogP contribution in [0.5, 0.6) is 0 Å². The summed E-state index contributed by atoms with van der Waals surface area (Å²) in [6.45, 7) is 0.368. The number of nitrogens with two attached hydrogens (primary N) is 1. The van der Waals surface area contributed by atoms with E-state index in [9.17, 15) is 4.79 Å². The zero-order valence-electron chi connectivity index (χ0n) is 8.66. The molecule has 0 atom stereocenters. The number of carbonyl (C=O) groups is 1. The number of hydrogen-bond acceptors (Lipinski definition) is 7. The van der Waals surface area contributed by atoms with E-state index in [0.717, 1.165) is 0 Å². The maximum atomic E-state index is 10.8. The second-order valence-corrected chi connectivity index (χ2v) is 3.19. The van der Waals surface area contributed by atoms with Gasteiger partial charge in [-0.3, -0.25) is 10.2 Å². The van der Waals surface area contributed by atoms with Crippen LogP contribution in [0.3, 0.4) is 0 Å². The fourth-order valence-electron chi connectivity index (χ4n) is 0.946. The van der Waals surface area contributed by atoms with Crippen LogP contribution in [0.1, 0.15) is 6.42 Å². The minimum absolute atomic E-state index is 0.224. The Morgan fingerprint density at radius 3 is 3.06 bits per heavy atom. The van der Waals surface area contributed by atoms with E-state index >= 15 is 0 Å². The van der Waals surface area contributed by atoms with Gasteiger partial charge in [-0.2, -0.15) is 4.98 Å². The van der Waals surface area contributed by atoms with E-state index in [1.165, 1.54) is 13.3 Å². The molecule has 7 nitrogen and oxygen atoms in total. The average molecular weight is 246 g/mol. The minimum atomic E-state index is -0.310. The topological polar surface area (TPSA) is 102 Å². The molecular weight excluding hydrogens is 234 g/mol. The third kappa shape index (κ3) is 3.52. The summed E-state index contributed by atoms with van der Waals surface area (Å²) in [5.74, 6) is 5.49. The van der Waals surface area contributed by atoms with Gasteiger partial charge in [0.2, 0.25) is 5.95 Å². The van der Waals surface area contributed by atoms with Crippen LogP contribution in [0.2, 0.25) is 5.02 Å². The molecule has 8 heteroatoms. The average Bonchev–Trinajstić information content (AvgIpc) is 2.31. The van der Waals surface area contributed by atoms with Crippen molar-refractivity contribution in [2.75, 3.05) is 24.4 Å². The van der Waals surface area contributed by atoms with Crippen molar-refractivity contribution < 1.29 is 9.53 Å². The zero-order valence-corrected chi connectivity index (χ0v) is 9.41. The van der Waals surface area contributed by atoms with E-state index in [4.69, 9.17) is 17.4 Å². The molecule has 0 saturated heterocycles. The molecule has 0 fully saturated rings. The van der Waals surface area contributed by atoms with Crippen molar-refractivity contribution in [2.24, 2.45) is 5.84 Å².